The minimum atomic E-state index is -0.783. The maximum absolute atomic E-state index is 2.47. The van der Waals surface area contributed by atoms with Crippen LogP contribution in [0.25, 0.3) is 0 Å². The van der Waals surface area contributed by atoms with E-state index >= 15 is 0 Å². The molecule has 0 bridgehead atoms. The standard InChI is InChI=1S/C45H47P2.C5H5.Fe/c1-29-17-30(2)22-38(21-29)46(39-23-31(3)18-32(4)24-39)37(9)42-14-12-15-43(42)44-13-10-11-16-45(44)47(40-25-33(5)19-34(6)26-40)41-27-35(7)20-36(8)28-41;1-2-4-5-3-1;/h10-28,37H,1-9H3;1-5H;/q2*-1;+2/b44-43+;;/t37-;;/m0../s1. The van der Waals surface area contributed by atoms with Gasteiger partial charge in [0.25, 0.3) is 0 Å². The summed E-state index contributed by atoms with van der Waals surface area (Å²) in [6.45, 7) is 20.4. The molecular formula is C50H52FeP2. The Bertz CT molecular complexity index is 2010. The van der Waals surface area contributed by atoms with Gasteiger partial charge in [-0.15, -0.1) is 29.9 Å². The van der Waals surface area contributed by atoms with Crippen LogP contribution in [0.1, 0.15) is 51.4 Å². The van der Waals surface area contributed by atoms with Crippen molar-refractivity contribution >= 4 is 37.1 Å². The van der Waals surface area contributed by atoms with Crippen LogP contribution in [-0.2, 0) is 17.1 Å². The van der Waals surface area contributed by atoms with Crippen molar-refractivity contribution in [2.75, 3.05) is 0 Å². The van der Waals surface area contributed by atoms with Crippen molar-refractivity contribution in [2.24, 2.45) is 0 Å². The molecule has 0 nitrogen and oxygen atoms in total. The summed E-state index contributed by atoms with van der Waals surface area (Å²) in [5.74, 6) is 0. The minimum Gasteiger partial charge on any atom is -0.214 e. The van der Waals surface area contributed by atoms with Gasteiger partial charge in [0, 0.05) is 5.66 Å². The van der Waals surface area contributed by atoms with Gasteiger partial charge in [-0.05, 0) is 84.5 Å². The monoisotopic (exact) mass is 770 g/mol. The first-order valence-corrected chi connectivity index (χ1v) is 21.2. The Labute approximate surface area is 332 Å². The molecule has 0 amide bonds. The van der Waals surface area contributed by atoms with E-state index in [0.29, 0.717) is 5.66 Å². The second-order valence-electron chi connectivity index (χ2n) is 14.6. The van der Waals surface area contributed by atoms with Crippen molar-refractivity contribution in [3.63, 3.8) is 0 Å². The van der Waals surface area contributed by atoms with Crippen LogP contribution in [0.15, 0.2) is 162 Å². The van der Waals surface area contributed by atoms with Crippen molar-refractivity contribution < 1.29 is 17.1 Å². The van der Waals surface area contributed by atoms with E-state index in [0.717, 1.165) is 0 Å². The molecule has 0 heterocycles. The van der Waals surface area contributed by atoms with Gasteiger partial charge >= 0.3 is 17.1 Å². The predicted molar refractivity (Wildman–Crippen MR) is 233 cm³/mol. The Morgan fingerprint density at radius 3 is 1.32 bits per heavy atom. The van der Waals surface area contributed by atoms with Gasteiger partial charge in [-0.2, -0.15) is 18.2 Å². The fourth-order valence-corrected chi connectivity index (χ4v) is 13.7. The molecule has 5 aromatic rings. The molecule has 3 heteroatoms. The first-order valence-electron chi connectivity index (χ1n) is 18.4. The number of allylic oxidation sites excluding steroid dienone is 10. The van der Waals surface area contributed by atoms with E-state index in [4.69, 9.17) is 0 Å². The van der Waals surface area contributed by atoms with Crippen LogP contribution < -0.4 is 21.2 Å². The van der Waals surface area contributed by atoms with Crippen LogP contribution in [0.2, 0.25) is 0 Å². The topological polar surface area (TPSA) is 0 Å². The first-order chi connectivity index (χ1) is 25.0. The van der Waals surface area contributed by atoms with E-state index in [1.54, 1.807) is 0 Å². The van der Waals surface area contributed by atoms with Crippen molar-refractivity contribution in [1.29, 1.82) is 0 Å². The molecule has 7 rings (SSSR count). The molecule has 0 aromatic heterocycles. The van der Waals surface area contributed by atoms with Gasteiger partial charge in [-0.25, -0.2) is 12.1 Å². The quantitative estimate of drug-likeness (QED) is 0.0878. The zero-order chi connectivity index (χ0) is 36.9. The van der Waals surface area contributed by atoms with Crippen LogP contribution in [0.3, 0.4) is 0 Å². The third kappa shape index (κ3) is 9.84. The summed E-state index contributed by atoms with van der Waals surface area (Å²) >= 11 is 0. The van der Waals surface area contributed by atoms with Gasteiger partial charge < -0.3 is 0 Å². The van der Waals surface area contributed by atoms with Gasteiger partial charge in [-0.3, -0.25) is 0 Å². The van der Waals surface area contributed by atoms with E-state index in [1.807, 2.05) is 30.3 Å². The van der Waals surface area contributed by atoms with Gasteiger partial charge in [0.05, 0.1) is 0 Å². The molecule has 2 aliphatic carbocycles. The summed E-state index contributed by atoms with van der Waals surface area (Å²) in [4.78, 5) is 0. The van der Waals surface area contributed by atoms with E-state index in [2.05, 4.69) is 178 Å². The van der Waals surface area contributed by atoms with Crippen LogP contribution in [-0.4, -0.2) is 5.66 Å². The molecule has 5 aromatic carbocycles. The van der Waals surface area contributed by atoms with Crippen molar-refractivity contribution in [3.05, 3.63) is 213 Å². The summed E-state index contributed by atoms with van der Waals surface area (Å²) in [5, 5.41) is 5.76. The summed E-state index contributed by atoms with van der Waals surface area (Å²) in [5.41, 5.74) is 16.6. The third-order valence-electron chi connectivity index (χ3n) is 9.58. The summed E-state index contributed by atoms with van der Waals surface area (Å²) < 4.78 is 0. The molecule has 0 aliphatic heterocycles. The average molecular weight is 771 g/mol. The molecule has 0 fully saturated rings. The Balaban J connectivity index is 0.000000833. The van der Waals surface area contributed by atoms with E-state index in [9.17, 15) is 0 Å². The molecule has 53 heavy (non-hydrogen) atoms. The molecule has 0 spiro atoms. The van der Waals surface area contributed by atoms with Gasteiger partial charge in [0.1, 0.15) is 0 Å². The Morgan fingerprint density at radius 1 is 0.509 bits per heavy atom. The maximum Gasteiger partial charge on any atom is 2.00 e. The van der Waals surface area contributed by atoms with Crippen molar-refractivity contribution in [1.82, 2.24) is 0 Å². The van der Waals surface area contributed by atoms with E-state index < -0.39 is 15.8 Å². The summed E-state index contributed by atoms with van der Waals surface area (Å²) in [7, 11) is -1.44. The molecule has 1 atom stereocenters. The number of hydrogen-bond donors (Lipinski definition) is 0. The molecule has 0 saturated carbocycles. The van der Waals surface area contributed by atoms with Crippen LogP contribution in [0, 0.1) is 61.0 Å². The Kier molecular flexibility index (Phi) is 13.7. The van der Waals surface area contributed by atoms with Gasteiger partial charge in [-0.1, -0.05) is 167 Å². The zero-order valence-corrected chi connectivity index (χ0v) is 35.6. The average Bonchev–Trinajstić information content (AvgIpc) is 3.80. The minimum absolute atomic E-state index is 0. The smallest absolute Gasteiger partial charge is 0.214 e. The predicted octanol–water partition coefficient (Wildman–Crippen LogP) is 12.0. The molecular weight excluding hydrogens is 718 g/mol. The summed E-state index contributed by atoms with van der Waals surface area (Å²) in [6, 6.07) is 38.6. The fourth-order valence-electron chi connectivity index (χ4n) is 7.76. The maximum atomic E-state index is 2.47. The number of benzene rings is 4. The van der Waals surface area contributed by atoms with Crippen molar-refractivity contribution in [2.45, 2.75) is 68.0 Å². The third-order valence-corrected chi connectivity index (χ3v) is 14.7. The fraction of sp³-hybridized carbons (Fsp3) is 0.200. The SMILES string of the molecule is Cc1cc(C)cc(P(c2cc(C)cc(C)c2)[C-]2C=CC=C/C2=C2/C=CC=C2[C@H](C)P(c2cc(C)cc(C)c2)c2cc(C)cc(C)c2)c1.[Fe+2].c1cc[cH-]c1. The molecule has 0 unspecified atom stereocenters. The second-order valence-corrected chi connectivity index (χ2v) is 19.4. The second kappa shape index (κ2) is 18.0. The summed E-state index contributed by atoms with van der Waals surface area (Å²) in [6.07, 6.45) is 16.3. The molecule has 0 saturated heterocycles. The zero-order valence-electron chi connectivity index (χ0n) is 32.7. The number of hydrogen-bond acceptors (Lipinski definition) is 0. The molecule has 0 N–H and O–H groups in total. The van der Waals surface area contributed by atoms with Crippen LogP contribution >= 0.6 is 15.8 Å². The normalized spacial score (nSPS) is 15.4. The van der Waals surface area contributed by atoms with Crippen LogP contribution in [0.5, 0.6) is 0 Å². The Hall–Kier alpha value is -3.82. The van der Waals surface area contributed by atoms with E-state index in [1.165, 1.54) is 88.1 Å². The molecule has 270 valence electrons. The van der Waals surface area contributed by atoms with E-state index in [-0.39, 0.29) is 17.1 Å². The largest absolute Gasteiger partial charge is 2.00 e. The molecule has 0 radical (unpaired) electrons. The number of aryl methyl sites for hydroxylation is 8. The number of rotatable bonds is 7. The van der Waals surface area contributed by atoms with Crippen molar-refractivity contribution in [3.8, 4) is 0 Å². The van der Waals surface area contributed by atoms with Crippen LogP contribution in [0.4, 0.5) is 0 Å². The Morgan fingerprint density at radius 2 is 0.925 bits per heavy atom. The first kappa shape index (κ1) is 40.4. The van der Waals surface area contributed by atoms with Gasteiger partial charge in [0.2, 0.25) is 0 Å². The van der Waals surface area contributed by atoms with Gasteiger partial charge in [0.15, 0.2) is 0 Å². The molecule has 2 aliphatic rings.